The second-order valence-electron chi connectivity index (χ2n) is 13.4. The first-order chi connectivity index (χ1) is 23.2. The average Bonchev–Trinajstić information content (AvgIpc) is 3.08. The molecule has 14 heteroatoms. The largest absolute Gasteiger partial charge is 0.370 e. The van der Waals surface area contributed by atoms with Crippen molar-refractivity contribution < 1.29 is 19.2 Å². The lowest BCUT2D eigenvalue weighted by Crippen LogP contribution is -2.55. The molecule has 0 aliphatic carbocycles. The van der Waals surface area contributed by atoms with Crippen molar-refractivity contribution in [3.05, 3.63) is 58.4 Å². The zero-order valence-electron chi connectivity index (χ0n) is 26.9. The zero-order chi connectivity index (χ0) is 33.4. The number of nitrogens with one attached hydrogen (secondary N) is 1. The monoisotopic (exact) mass is 655 g/mol. The van der Waals surface area contributed by atoms with Gasteiger partial charge in [0.2, 0.25) is 17.7 Å². The van der Waals surface area contributed by atoms with E-state index in [0.717, 1.165) is 81.1 Å². The van der Waals surface area contributed by atoms with Crippen LogP contribution in [0.5, 0.6) is 0 Å². The van der Waals surface area contributed by atoms with Crippen molar-refractivity contribution >= 4 is 45.9 Å². The van der Waals surface area contributed by atoms with E-state index >= 15 is 0 Å². The molecule has 1 atom stereocenters. The SMILES string of the molecule is NC(=O)c1ccc(N2CCN(CCC3CCN(C(=O)C4CN(c5ccc6nnn(C7CCC(=O)NC7=O)c(=O)c6c5)C4)CC3)CC2)cc1. The summed E-state index contributed by atoms with van der Waals surface area (Å²) in [7, 11) is 0. The molecule has 4 aliphatic rings. The Hall–Kier alpha value is -4.85. The van der Waals surface area contributed by atoms with Crippen molar-refractivity contribution in [2.24, 2.45) is 17.6 Å². The Kier molecular flexibility index (Phi) is 8.82. The van der Waals surface area contributed by atoms with Gasteiger partial charge < -0.3 is 20.4 Å². The summed E-state index contributed by atoms with van der Waals surface area (Å²) in [5.74, 6) is -0.561. The smallest absolute Gasteiger partial charge is 0.278 e. The molecule has 48 heavy (non-hydrogen) atoms. The summed E-state index contributed by atoms with van der Waals surface area (Å²) in [5, 5.41) is 10.7. The van der Waals surface area contributed by atoms with Gasteiger partial charge >= 0.3 is 0 Å². The fraction of sp³-hybridized carbons (Fsp3) is 0.500. The Morgan fingerprint density at radius 2 is 1.56 bits per heavy atom. The van der Waals surface area contributed by atoms with E-state index in [9.17, 15) is 24.0 Å². The van der Waals surface area contributed by atoms with E-state index in [1.807, 2.05) is 23.1 Å². The van der Waals surface area contributed by atoms with Crippen LogP contribution >= 0.6 is 0 Å². The first kappa shape index (κ1) is 31.7. The summed E-state index contributed by atoms with van der Waals surface area (Å²) < 4.78 is 1.07. The van der Waals surface area contributed by atoms with E-state index in [1.54, 1.807) is 24.3 Å². The van der Waals surface area contributed by atoms with Crippen molar-refractivity contribution in [1.82, 2.24) is 30.1 Å². The maximum absolute atomic E-state index is 13.3. The summed E-state index contributed by atoms with van der Waals surface area (Å²) in [5.41, 5.74) is 7.84. The molecule has 0 spiro atoms. The zero-order valence-corrected chi connectivity index (χ0v) is 26.9. The standard InChI is InChI=1S/C34H41N9O5/c35-31(45)23-1-3-25(4-2-23)40-17-15-39(16-18-40)12-9-22-10-13-41(14-11-22)33(47)24-20-42(21-24)26-5-6-28-27(19-26)34(48)43(38-37-28)29-7-8-30(44)36-32(29)46/h1-6,19,22,24,29H,7-18,20-21H2,(H2,35,45)(H,36,44,46). The predicted molar refractivity (Wildman–Crippen MR) is 178 cm³/mol. The Bertz CT molecular complexity index is 1770. The summed E-state index contributed by atoms with van der Waals surface area (Å²) in [6, 6.07) is 12.0. The van der Waals surface area contributed by atoms with E-state index in [-0.39, 0.29) is 30.6 Å². The van der Waals surface area contributed by atoms with Crippen molar-refractivity contribution in [2.75, 3.05) is 68.7 Å². The average molecular weight is 656 g/mol. The summed E-state index contributed by atoms with van der Waals surface area (Å²) >= 11 is 0. The molecule has 0 bridgehead atoms. The lowest BCUT2D eigenvalue weighted by atomic mass is 9.91. The second-order valence-corrected chi connectivity index (χ2v) is 13.4. The van der Waals surface area contributed by atoms with Gasteiger partial charge in [0.1, 0.15) is 11.6 Å². The Labute approximate surface area is 277 Å². The third-order valence-corrected chi connectivity index (χ3v) is 10.4. The number of nitrogens with zero attached hydrogens (tertiary/aromatic N) is 7. The quantitative estimate of drug-likeness (QED) is 0.331. The van der Waals surface area contributed by atoms with Gasteiger partial charge in [-0.15, -0.1) is 5.10 Å². The van der Waals surface area contributed by atoms with Gasteiger partial charge in [-0.3, -0.25) is 34.2 Å². The molecule has 0 saturated carbocycles. The maximum atomic E-state index is 13.3. The number of hydrogen-bond acceptors (Lipinski definition) is 10. The van der Waals surface area contributed by atoms with Crippen molar-refractivity contribution in [3.63, 3.8) is 0 Å². The Morgan fingerprint density at radius 1 is 0.854 bits per heavy atom. The van der Waals surface area contributed by atoms with Crippen LogP contribution in [0.3, 0.4) is 0 Å². The summed E-state index contributed by atoms with van der Waals surface area (Å²) in [6.45, 7) is 7.76. The topological polar surface area (TPSA) is 167 Å². The molecule has 3 N–H and O–H groups in total. The van der Waals surface area contributed by atoms with Crippen LogP contribution in [0.2, 0.25) is 0 Å². The van der Waals surface area contributed by atoms with Crippen LogP contribution in [0.25, 0.3) is 10.9 Å². The highest BCUT2D eigenvalue weighted by Crippen LogP contribution is 2.30. The number of piperazine rings is 1. The minimum absolute atomic E-state index is 0.0729. The molecule has 4 saturated heterocycles. The number of aromatic nitrogens is 3. The van der Waals surface area contributed by atoms with E-state index in [0.29, 0.717) is 35.5 Å². The number of likely N-dealkylation sites (tertiary alicyclic amines) is 1. The van der Waals surface area contributed by atoms with Gasteiger partial charge in [0.05, 0.1) is 11.3 Å². The molecule has 1 aromatic heterocycles. The molecular formula is C34H41N9O5. The van der Waals surface area contributed by atoms with Gasteiger partial charge in [-0.25, -0.2) is 0 Å². The minimum atomic E-state index is -0.872. The molecular weight excluding hydrogens is 614 g/mol. The van der Waals surface area contributed by atoms with Crippen LogP contribution in [0.1, 0.15) is 48.5 Å². The molecule has 0 radical (unpaired) electrons. The van der Waals surface area contributed by atoms with Crippen molar-refractivity contribution in [1.29, 1.82) is 0 Å². The minimum Gasteiger partial charge on any atom is -0.370 e. The van der Waals surface area contributed by atoms with Crippen LogP contribution in [0.4, 0.5) is 11.4 Å². The van der Waals surface area contributed by atoms with Gasteiger partial charge in [0.15, 0.2) is 0 Å². The summed E-state index contributed by atoms with van der Waals surface area (Å²) in [4.78, 5) is 70.8. The lowest BCUT2D eigenvalue weighted by Gasteiger charge is -2.43. The molecule has 4 aliphatic heterocycles. The van der Waals surface area contributed by atoms with Crippen LogP contribution in [0, 0.1) is 11.8 Å². The molecule has 7 rings (SSSR count). The van der Waals surface area contributed by atoms with Gasteiger partial charge in [-0.05, 0) is 80.6 Å². The molecule has 4 fully saturated rings. The molecule has 2 aromatic carbocycles. The molecule has 5 heterocycles. The number of nitrogens with two attached hydrogens (primary N) is 1. The highest BCUT2D eigenvalue weighted by atomic mass is 16.2. The first-order valence-electron chi connectivity index (χ1n) is 16.9. The molecule has 3 aromatic rings. The third kappa shape index (κ3) is 6.48. The molecule has 14 nitrogen and oxygen atoms in total. The van der Waals surface area contributed by atoms with E-state index in [2.05, 4.69) is 30.3 Å². The number of fused-ring (bicyclic) bond motifs is 1. The van der Waals surface area contributed by atoms with Crippen LogP contribution in [0.15, 0.2) is 47.3 Å². The number of primary amides is 1. The Morgan fingerprint density at radius 3 is 2.25 bits per heavy atom. The van der Waals surface area contributed by atoms with Gasteiger partial charge in [-0.2, -0.15) is 4.68 Å². The predicted octanol–water partition coefficient (Wildman–Crippen LogP) is 0.755. The fourth-order valence-electron chi connectivity index (χ4n) is 7.34. The normalized spacial score (nSPS) is 21.3. The molecule has 252 valence electrons. The number of hydrogen-bond donors (Lipinski definition) is 2. The van der Waals surface area contributed by atoms with Crippen molar-refractivity contribution in [2.45, 2.75) is 38.1 Å². The number of piperidine rings is 2. The van der Waals surface area contributed by atoms with E-state index in [4.69, 9.17) is 5.73 Å². The Balaban J connectivity index is 0.854. The first-order valence-corrected chi connectivity index (χ1v) is 16.9. The number of anilines is 2. The highest BCUT2D eigenvalue weighted by molar-refractivity contribution is 5.99. The number of rotatable bonds is 8. The fourth-order valence-corrected chi connectivity index (χ4v) is 7.34. The number of amides is 4. The van der Waals surface area contributed by atoms with Crippen LogP contribution in [-0.2, 0) is 14.4 Å². The van der Waals surface area contributed by atoms with E-state index < -0.39 is 23.4 Å². The lowest BCUT2D eigenvalue weighted by molar-refractivity contribution is -0.138. The number of carbonyl (C=O) groups is 4. The van der Waals surface area contributed by atoms with E-state index in [1.165, 1.54) is 0 Å². The van der Waals surface area contributed by atoms with Crippen LogP contribution < -0.4 is 26.4 Å². The highest BCUT2D eigenvalue weighted by Gasteiger charge is 2.37. The number of benzene rings is 2. The molecule has 4 amide bonds. The van der Waals surface area contributed by atoms with Crippen molar-refractivity contribution in [3.8, 4) is 0 Å². The van der Waals surface area contributed by atoms with Gasteiger partial charge in [-0.1, -0.05) is 5.21 Å². The number of imide groups is 1. The third-order valence-electron chi connectivity index (χ3n) is 10.4. The molecule has 1 unspecified atom stereocenters. The number of carbonyl (C=O) groups excluding carboxylic acids is 4. The summed E-state index contributed by atoms with van der Waals surface area (Å²) in [6.07, 6.45) is 3.54. The second kappa shape index (κ2) is 13.3. The maximum Gasteiger partial charge on any atom is 0.278 e. The van der Waals surface area contributed by atoms with Gasteiger partial charge in [0, 0.05) is 75.7 Å². The van der Waals surface area contributed by atoms with Gasteiger partial charge in [0.25, 0.3) is 11.5 Å². The van der Waals surface area contributed by atoms with Crippen LogP contribution in [-0.4, -0.2) is 107 Å².